The Hall–Kier alpha value is -1.31. The third kappa shape index (κ3) is 3.84. The molecule has 0 amide bonds. The molecule has 0 radical (unpaired) electrons. The molecule has 20 heavy (non-hydrogen) atoms. The number of rotatable bonds is 5. The number of hydrogen-bond acceptors (Lipinski definition) is 2. The highest BCUT2D eigenvalue weighted by Gasteiger charge is 2.14. The molecule has 1 aromatic rings. The molecule has 0 unspecified atom stereocenters. The molecule has 110 valence electrons. The zero-order chi connectivity index (χ0) is 14.5. The van der Waals surface area contributed by atoms with E-state index in [0.29, 0.717) is 0 Å². The monoisotopic (exact) mass is 274 g/mol. The van der Waals surface area contributed by atoms with Crippen LogP contribution in [0.15, 0.2) is 12.1 Å². The van der Waals surface area contributed by atoms with Gasteiger partial charge in [0.25, 0.3) is 0 Å². The lowest BCUT2D eigenvalue weighted by Crippen LogP contribution is -2.11. The fourth-order valence-electron chi connectivity index (χ4n) is 3.18. The van der Waals surface area contributed by atoms with Crippen LogP contribution in [0.25, 0.3) is 0 Å². The summed E-state index contributed by atoms with van der Waals surface area (Å²) >= 11 is 0. The van der Waals surface area contributed by atoms with Gasteiger partial charge in [0.05, 0.1) is 6.61 Å². The smallest absolute Gasteiger partial charge is 0.159 e. The van der Waals surface area contributed by atoms with E-state index in [1.165, 1.54) is 32.1 Å². The molecule has 2 nitrogen and oxygen atoms in total. The van der Waals surface area contributed by atoms with Crippen molar-refractivity contribution in [1.82, 2.24) is 0 Å². The van der Waals surface area contributed by atoms with Gasteiger partial charge in [-0.15, -0.1) is 0 Å². The van der Waals surface area contributed by atoms with Crippen LogP contribution >= 0.6 is 0 Å². The van der Waals surface area contributed by atoms with Crippen molar-refractivity contribution in [2.24, 2.45) is 5.92 Å². The van der Waals surface area contributed by atoms with Gasteiger partial charge < -0.3 is 4.74 Å². The minimum atomic E-state index is 0.116. The van der Waals surface area contributed by atoms with Crippen LogP contribution in [0.2, 0.25) is 0 Å². The standard InChI is InChI=1S/C18H26O2/c1-13-11-17(15(3)19)12-14(2)18(13)20-10-9-16-7-5-4-6-8-16/h11-12,16H,4-10H2,1-3H3. The van der Waals surface area contributed by atoms with Crippen molar-refractivity contribution in [2.75, 3.05) is 6.61 Å². The lowest BCUT2D eigenvalue weighted by atomic mass is 9.87. The maximum atomic E-state index is 11.4. The Morgan fingerprint density at radius 3 is 2.30 bits per heavy atom. The molecule has 1 aliphatic rings. The zero-order valence-electron chi connectivity index (χ0n) is 13.0. The van der Waals surface area contributed by atoms with Gasteiger partial charge in [-0.3, -0.25) is 4.79 Å². The number of benzene rings is 1. The number of carbonyl (C=O) groups excluding carboxylic acids is 1. The van der Waals surface area contributed by atoms with E-state index in [1.54, 1.807) is 6.92 Å². The Morgan fingerprint density at radius 1 is 1.15 bits per heavy atom. The van der Waals surface area contributed by atoms with Gasteiger partial charge >= 0.3 is 0 Å². The molecular weight excluding hydrogens is 248 g/mol. The second-order valence-corrected chi connectivity index (χ2v) is 6.14. The molecule has 0 atom stereocenters. The molecule has 0 N–H and O–H groups in total. The highest BCUT2D eigenvalue weighted by molar-refractivity contribution is 5.94. The molecule has 0 bridgehead atoms. The fraction of sp³-hybridized carbons (Fsp3) is 0.611. The van der Waals surface area contributed by atoms with Crippen molar-refractivity contribution >= 4 is 5.78 Å². The molecule has 0 heterocycles. The highest BCUT2D eigenvalue weighted by atomic mass is 16.5. The first-order chi connectivity index (χ1) is 9.58. The van der Waals surface area contributed by atoms with E-state index in [0.717, 1.165) is 41.4 Å². The van der Waals surface area contributed by atoms with E-state index in [2.05, 4.69) is 0 Å². The molecule has 2 heteroatoms. The second kappa shape index (κ2) is 6.92. The van der Waals surface area contributed by atoms with Crippen LogP contribution in [0.5, 0.6) is 5.75 Å². The average molecular weight is 274 g/mol. The SMILES string of the molecule is CC(=O)c1cc(C)c(OCCC2CCCCC2)c(C)c1. The molecular formula is C18H26O2. The maximum absolute atomic E-state index is 11.4. The van der Waals surface area contributed by atoms with E-state index in [1.807, 2.05) is 26.0 Å². The molecule has 1 saturated carbocycles. The van der Waals surface area contributed by atoms with E-state index in [-0.39, 0.29) is 5.78 Å². The van der Waals surface area contributed by atoms with Crippen LogP contribution in [-0.4, -0.2) is 12.4 Å². The zero-order valence-corrected chi connectivity index (χ0v) is 13.0. The summed E-state index contributed by atoms with van der Waals surface area (Å²) in [7, 11) is 0. The third-order valence-corrected chi connectivity index (χ3v) is 4.36. The Kier molecular flexibility index (Phi) is 5.22. The van der Waals surface area contributed by atoms with Crippen LogP contribution in [0.3, 0.4) is 0 Å². The Morgan fingerprint density at radius 2 is 1.75 bits per heavy atom. The van der Waals surface area contributed by atoms with Crippen molar-refractivity contribution < 1.29 is 9.53 Å². The van der Waals surface area contributed by atoms with Gasteiger partial charge in [0.1, 0.15) is 5.75 Å². The fourth-order valence-corrected chi connectivity index (χ4v) is 3.18. The summed E-state index contributed by atoms with van der Waals surface area (Å²) in [4.78, 5) is 11.4. The third-order valence-electron chi connectivity index (χ3n) is 4.36. The number of Topliss-reactive ketones (excluding diaryl/α,β-unsaturated/α-hetero) is 1. The summed E-state index contributed by atoms with van der Waals surface area (Å²) in [5.74, 6) is 1.93. The van der Waals surface area contributed by atoms with Gasteiger partial charge in [-0.05, 0) is 56.4 Å². The minimum Gasteiger partial charge on any atom is -0.493 e. The Labute approximate surface area is 122 Å². The largest absolute Gasteiger partial charge is 0.493 e. The van der Waals surface area contributed by atoms with Crippen LogP contribution < -0.4 is 4.74 Å². The number of carbonyl (C=O) groups is 1. The van der Waals surface area contributed by atoms with Crippen molar-refractivity contribution in [3.63, 3.8) is 0 Å². The molecule has 0 spiro atoms. The maximum Gasteiger partial charge on any atom is 0.159 e. The van der Waals surface area contributed by atoms with Crippen molar-refractivity contribution in [2.45, 2.75) is 59.3 Å². The van der Waals surface area contributed by atoms with Crippen molar-refractivity contribution in [1.29, 1.82) is 0 Å². The van der Waals surface area contributed by atoms with Crippen molar-refractivity contribution in [3.8, 4) is 5.75 Å². The molecule has 2 rings (SSSR count). The van der Waals surface area contributed by atoms with Crippen molar-refractivity contribution in [3.05, 3.63) is 28.8 Å². The quantitative estimate of drug-likeness (QED) is 0.717. The predicted octanol–water partition coefficient (Wildman–Crippen LogP) is 4.86. The van der Waals surface area contributed by atoms with Gasteiger partial charge in [0, 0.05) is 5.56 Å². The molecule has 0 aromatic heterocycles. The first-order valence-electron chi connectivity index (χ1n) is 7.83. The topological polar surface area (TPSA) is 26.3 Å². The van der Waals surface area contributed by atoms with Gasteiger partial charge in [-0.1, -0.05) is 32.1 Å². The van der Waals surface area contributed by atoms with Crippen LogP contribution in [0.4, 0.5) is 0 Å². The molecule has 1 aromatic carbocycles. The van der Waals surface area contributed by atoms with Crippen LogP contribution in [0, 0.1) is 19.8 Å². The molecule has 1 aliphatic carbocycles. The number of aryl methyl sites for hydroxylation is 2. The summed E-state index contributed by atoms with van der Waals surface area (Å²) < 4.78 is 5.99. The Balaban J connectivity index is 1.93. The summed E-state index contributed by atoms with van der Waals surface area (Å²) in [5, 5.41) is 0. The van der Waals surface area contributed by atoms with Gasteiger partial charge in [-0.2, -0.15) is 0 Å². The van der Waals surface area contributed by atoms with E-state index >= 15 is 0 Å². The van der Waals surface area contributed by atoms with E-state index in [9.17, 15) is 4.79 Å². The van der Waals surface area contributed by atoms with Crippen LogP contribution in [0.1, 0.15) is 66.9 Å². The second-order valence-electron chi connectivity index (χ2n) is 6.14. The first kappa shape index (κ1) is 15.1. The first-order valence-corrected chi connectivity index (χ1v) is 7.83. The van der Waals surface area contributed by atoms with Gasteiger partial charge in [-0.25, -0.2) is 0 Å². The number of ketones is 1. The number of ether oxygens (including phenoxy) is 1. The van der Waals surface area contributed by atoms with Crippen LogP contribution in [-0.2, 0) is 0 Å². The molecule has 0 saturated heterocycles. The molecule has 0 aliphatic heterocycles. The lowest BCUT2D eigenvalue weighted by Gasteiger charge is -2.22. The number of hydrogen-bond donors (Lipinski definition) is 0. The Bertz CT molecular complexity index is 447. The normalized spacial score (nSPS) is 16.1. The lowest BCUT2D eigenvalue weighted by molar-refractivity contribution is 0.101. The summed E-state index contributed by atoms with van der Waals surface area (Å²) in [6.45, 7) is 6.45. The molecule has 1 fully saturated rings. The summed E-state index contributed by atoms with van der Waals surface area (Å²) in [5.41, 5.74) is 2.91. The minimum absolute atomic E-state index is 0.116. The van der Waals surface area contributed by atoms with E-state index in [4.69, 9.17) is 4.74 Å². The summed E-state index contributed by atoms with van der Waals surface area (Å²) in [6, 6.07) is 3.87. The highest BCUT2D eigenvalue weighted by Crippen LogP contribution is 2.28. The summed E-state index contributed by atoms with van der Waals surface area (Å²) in [6.07, 6.45) is 8.07. The average Bonchev–Trinajstić information content (AvgIpc) is 2.42. The predicted molar refractivity (Wildman–Crippen MR) is 82.6 cm³/mol. The van der Waals surface area contributed by atoms with Gasteiger partial charge in [0.2, 0.25) is 0 Å². The van der Waals surface area contributed by atoms with Gasteiger partial charge in [0.15, 0.2) is 5.78 Å². The van der Waals surface area contributed by atoms with E-state index < -0.39 is 0 Å².